The van der Waals surface area contributed by atoms with Gasteiger partial charge in [-0.2, -0.15) is 0 Å². The molecule has 2 rings (SSSR count). The third kappa shape index (κ3) is 3.80. The zero-order valence-electron chi connectivity index (χ0n) is 12.3. The summed E-state index contributed by atoms with van der Waals surface area (Å²) in [5.74, 6) is 0.744. The third-order valence-corrected chi connectivity index (χ3v) is 4.93. The van der Waals surface area contributed by atoms with Crippen LogP contribution < -0.4 is 10.0 Å². The van der Waals surface area contributed by atoms with Crippen LogP contribution in [0.1, 0.15) is 27.2 Å². The molecule has 0 aromatic carbocycles. The summed E-state index contributed by atoms with van der Waals surface area (Å²) in [6.07, 6.45) is 4.00. The second-order valence-electron chi connectivity index (χ2n) is 6.00. The van der Waals surface area contributed by atoms with Gasteiger partial charge in [-0.05, 0) is 31.3 Å². The molecule has 2 unspecified atom stereocenters. The van der Waals surface area contributed by atoms with Crippen molar-refractivity contribution in [1.82, 2.24) is 19.6 Å². The first-order valence-corrected chi connectivity index (χ1v) is 8.61. The average Bonchev–Trinajstić information content (AvgIpc) is 2.80. The van der Waals surface area contributed by atoms with Gasteiger partial charge in [-0.1, -0.05) is 20.8 Å². The fourth-order valence-corrected chi connectivity index (χ4v) is 3.78. The number of hydrogen-bond acceptors (Lipinski definition) is 4. The van der Waals surface area contributed by atoms with Gasteiger partial charge < -0.3 is 9.88 Å². The number of piperidine rings is 1. The van der Waals surface area contributed by atoms with Crippen LogP contribution in [0.4, 0.5) is 0 Å². The lowest BCUT2D eigenvalue weighted by atomic mass is 9.97. The van der Waals surface area contributed by atoms with Crippen LogP contribution in [0.3, 0.4) is 0 Å². The molecule has 1 saturated heterocycles. The number of aromatic nitrogens is 2. The third-order valence-electron chi connectivity index (χ3n) is 3.55. The zero-order chi connectivity index (χ0) is 14.8. The summed E-state index contributed by atoms with van der Waals surface area (Å²) in [5.41, 5.74) is 0. The van der Waals surface area contributed by atoms with E-state index in [1.807, 2.05) is 4.57 Å². The van der Waals surface area contributed by atoms with Crippen molar-refractivity contribution < 1.29 is 8.42 Å². The van der Waals surface area contributed by atoms with Crippen LogP contribution in [-0.2, 0) is 16.6 Å². The summed E-state index contributed by atoms with van der Waals surface area (Å²) < 4.78 is 29.3. The standard InChI is InChI=1S/C13H24N4O2S/c1-10(2)7-17-8-13(15-9-17)20(18,19)16-12-4-5-14-6-11(12)3/h8-12,14,16H,4-7H2,1-3H3. The first-order chi connectivity index (χ1) is 9.38. The Kier molecular flexibility index (Phi) is 4.82. The molecule has 0 radical (unpaired) electrons. The highest BCUT2D eigenvalue weighted by Gasteiger charge is 2.27. The van der Waals surface area contributed by atoms with Crippen molar-refractivity contribution in [1.29, 1.82) is 0 Å². The number of sulfonamides is 1. The van der Waals surface area contributed by atoms with Gasteiger partial charge in [0.1, 0.15) is 0 Å². The van der Waals surface area contributed by atoms with E-state index in [-0.39, 0.29) is 17.0 Å². The number of imidazole rings is 1. The molecular formula is C13H24N4O2S. The largest absolute Gasteiger partial charge is 0.336 e. The summed E-state index contributed by atoms with van der Waals surface area (Å²) in [5, 5.41) is 3.38. The molecule has 1 aliphatic rings. The molecule has 1 fully saturated rings. The molecule has 1 aromatic heterocycles. The lowest BCUT2D eigenvalue weighted by Crippen LogP contribution is -2.48. The maximum Gasteiger partial charge on any atom is 0.259 e. The highest BCUT2D eigenvalue weighted by atomic mass is 32.2. The smallest absolute Gasteiger partial charge is 0.259 e. The maximum atomic E-state index is 12.3. The number of rotatable bonds is 5. The van der Waals surface area contributed by atoms with Crippen LogP contribution in [0.25, 0.3) is 0 Å². The Labute approximate surface area is 121 Å². The van der Waals surface area contributed by atoms with Gasteiger partial charge in [0.25, 0.3) is 10.0 Å². The van der Waals surface area contributed by atoms with Crippen molar-refractivity contribution in [3.8, 4) is 0 Å². The molecule has 20 heavy (non-hydrogen) atoms. The number of nitrogens with one attached hydrogen (secondary N) is 2. The Hall–Kier alpha value is -0.920. The van der Waals surface area contributed by atoms with E-state index in [4.69, 9.17) is 0 Å². The van der Waals surface area contributed by atoms with E-state index < -0.39 is 10.0 Å². The molecular weight excluding hydrogens is 276 g/mol. The Balaban J connectivity index is 2.07. The Bertz CT molecular complexity index is 538. The SMILES string of the molecule is CC(C)Cn1cnc(S(=O)(=O)NC2CCNCC2C)c1. The predicted octanol–water partition coefficient (Wildman–Crippen LogP) is 0.815. The van der Waals surface area contributed by atoms with Crippen LogP contribution >= 0.6 is 0 Å². The van der Waals surface area contributed by atoms with Crippen molar-refractivity contribution in [3.05, 3.63) is 12.5 Å². The molecule has 114 valence electrons. The summed E-state index contributed by atoms with van der Waals surface area (Å²) in [7, 11) is -3.52. The van der Waals surface area contributed by atoms with Crippen molar-refractivity contribution in [2.45, 2.75) is 44.8 Å². The molecule has 2 N–H and O–H groups in total. The average molecular weight is 300 g/mol. The van der Waals surface area contributed by atoms with Gasteiger partial charge >= 0.3 is 0 Å². The maximum absolute atomic E-state index is 12.3. The van der Waals surface area contributed by atoms with Gasteiger partial charge in [0.05, 0.1) is 6.33 Å². The molecule has 0 amide bonds. The first kappa shape index (κ1) is 15.5. The van der Waals surface area contributed by atoms with Crippen molar-refractivity contribution in [3.63, 3.8) is 0 Å². The number of nitrogens with zero attached hydrogens (tertiary/aromatic N) is 2. The van der Waals surface area contributed by atoms with E-state index in [1.165, 1.54) is 0 Å². The Morgan fingerprint density at radius 3 is 2.95 bits per heavy atom. The molecule has 6 nitrogen and oxygen atoms in total. The van der Waals surface area contributed by atoms with Gasteiger partial charge in [-0.15, -0.1) is 0 Å². The molecule has 2 heterocycles. The van der Waals surface area contributed by atoms with Crippen LogP contribution in [0, 0.1) is 11.8 Å². The topological polar surface area (TPSA) is 76.0 Å². The summed E-state index contributed by atoms with van der Waals surface area (Å²) in [6.45, 7) is 8.68. The van der Waals surface area contributed by atoms with Crippen LogP contribution in [0.15, 0.2) is 17.6 Å². The minimum atomic E-state index is -3.52. The fraction of sp³-hybridized carbons (Fsp3) is 0.769. The Morgan fingerprint density at radius 1 is 1.55 bits per heavy atom. The van der Waals surface area contributed by atoms with E-state index >= 15 is 0 Å². The highest BCUT2D eigenvalue weighted by Crippen LogP contribution is 2.15. The van der Waals surface area contributed by atoms with E-state index in [2.05, 4.69) is 35.8 Å². The van der Waals surface area contributed by atoms with Crippen molar-refractivity contribution in [2.75, 3.05) is 13.1 Å². The van der Waals surface area contributed by atoms with Crippen molar-refractivity contribution >= 4 is 10.0 Å². The normalized spacial score (nSPS) is 24.2. The first-order valence-electron chi connectivity index (χ1n) is 7.13. The fourth-order valence-electron chi connectivity index (χ4n) is 2.45. The van der Waals surface area contributed by atoms with E-state index in [0.717, 1.165) is 26.1 Å². The van der Waals surface area contributed by atoms with E-state index in [1.54, 1.807) is 12.5 Å². The molecule has 0 bridgehead atoms. The molecule has 0 saturated carbocycles. The Morgan fingerprint density at radius 2 is 2.30 bits per heavy atom. The van der Waals surface area contributed by atoms with Crippen LogP contribution in [-0.4, -0.2) is 37.1 Å². The lowest BCUT2D eigenvalue weighted by molar-refractivity contribution is 0.328. The molecule has 0 spiro atoms. The van der Waals surface area contributed by atoms with E-state index in [0.29, 0.717) is 5.92 Å². The van der Waals surface area contributed by atoms with Gasteiger partial charge in [-0.25, -0.2) is 18.1 Å². The van der Waals surface area contributed by atoms with Gasteiger partial charge in [-0.3, -0.25) is 0 Å². The summed E-state index contributed by atoms with van der Waals surface area (Å²) in [4.78, 5) is 4.03. The van der Waals surface area contributed by atoms with Crippen LogP contribution in [0.5, 0.6) is 0 Å². The van der Waals surface area contributed by atoms with Gasteiger partial charge in [0.2, 0.25) is 0 Å². The summed E-state index contributed by atoms with van der Waals surface area (Å²) >= 11 is 0. The second-order valence-corrected chi connectivity index (χ2v) is 7.66. The molecule has 1 aromatic rings. The van der Waals surface area contributed by atoms with Crippen molar-refractivity contribution in [2.24, 2.45) is 11.8 Å². The zero-order valence-corrected chi connectivity index (χ0v) is 13.2. The van der Waals surface area contributed by atoms with Gasteiger partial charge in [0.15, 0.2) is 5.03 Å². The molecule has 0 aliphatic carbocycles. The minimum absolute atomic E-state index is 0.0171. The predicted molar refractivity (Wildman–Crippen MR) is 77.8 cm³/mol. The molecule has 2 atom stereocenters. The lowest BCUT2D eigenvalue weighted by Gasteiger charge is -2.29. The monoisotopic (exact) mass is 300 g/mol. The highest BCUT2D eigenvalue weighted by molar-refractivity contribution is 7.89. The second kappa shape index (κ2) is 6.24. The summed E-state index contributed by atoms with van der Waals surface area (Å²) in [6, 6.07) is -0.0171. The van der Waals surface area contributed by atoms with E-state index in [9.17, 15) is 8.42 Å². The molecule has 1 aliphatic heterocycles. The molecule has 7 heteroatoms. The minimum Gasteiger partial charge on any atom is -0.336 e. The number of hydrogen-bond donors (Lipinski definition) is 2. The van der Waals surface area contributed by atoms with Gasteiger partial charge in [0, 0.05) is 18.8 Å². The van der Waals surface area contributed by atoms with Crippen LogP contribution in [0.2, 0.25) is 0 Å². The quantitative estimate of drug-likeness (QED) is 0.844.